The number of hydrogen-bond donors (Lipinski definition) is 6. The second-order valence-electron chi connectivity index (χ2n) is 21.6. The standard InChI is InChI=1S/C51H86N6O13/c1-15-40-51(11,64)43(59)34(7)56(13)27-30(3)25-49(9,63)45(32(5)41(33(6)46(61)69-40)39-26-50(10,65-14)44(60)35(8)68-39)70-47-42(58)38(24-31(4)67-47)55(12)21-20-37-28-57(54-53-37)22-23-66-48(62)52-36-18-16-29(2)17-19-36/h16-19,28,30-35,38-45,47,58-60,63-64H,15,20-27H2,1-14H3,(H,52,62)/t30-,31-,32+,33-,34-,35+,38+,39?,40-,41+,42-,43-,44+,45-,47?,49-,50-,51-/m1/s1. The average molecular weight is 991 g/mol. The van der Waals surface area contributed by atoms with Crippen LogP contribution in [-0.2, 0) is 46.2 Å². The molecule has 70 heavy (non-hydrogen) atoms. The molecule has 0 saturated carbocycles. The molecule has 5 rings (SSSR count). The van der Waals surface area contributed by atoms with E-state index in [1.165, 1.54) is 14.0 Å². The van der Waals surface area contributed by atoms with Crippen LogP contribution in [-0.4, -0.2) is 187 Å². The molecule has 0 spiro atoms. The first kappa shape index (κ1) is 57.6. The fourth-order valence-electron chi connectivity index (χ4n) is 11.3. The van der Waals surface area contributed by atoms with Gasteiger partial charge in [-0.2, -0.15) is 0 Å². The van der Waals surface area contributed by atoms with Crippen LogP contribution in [0.25, 0.3) is 0 Å². The smallest absolute Gasteiger partial charge is 0.411 e. The third kappa shape index (κ3) is 13.8. The normalized spacial score (nSPS) is 39.7. The van der Waals surface area contributed by atoms with Gasteiger partial charge < -0.3 is 63.8 Å². The monoisotopic (exact) mass is 991 g/mol. The van der Waals surface area contributed by atoms with Crippen LogP contribution in [0.4, 0.5) is 10.5 Å². The van der Waals surface area contributed by atoms with Crippen LogP contribution in [0.3, 0.4) is 0 Å². The molecule has 19 heteroatoms. The van der Waals surface area contributed by atoms with E-state index in [0.29, 0.717) is 43.9 Å². The number of cyclic esters (lactones) is 1. The molecule has 3 saturated heterocycles. The van der Waals surface area contributed by atoms with Crippen LogP contribution in [0.1, 0.15) is 106 Å². The molecule has 18 atom stereocenters. The predicted octanol–water partition coefficient (Wildman–Crippen LogP) is 3.94. The van der Waals surface area contributed by atoms with Crippen LogP contribution in [0, 0.1) is 30.6 Å². The van der Waals surface area contributed by atoms with Crippen LogP contribution in [0.5, 0.6) is 0 Å². The number of nitrogens with one attached hydrogen (secondary N) is 1. The van der Waals surface area contributed by atoms with Gasteiger partial charge in [0.2, 0.25) is 0 Å². The number of methoxy groups -OCH3 is 1. The minimum absolute atomic E-state index is 0.0917. The van der Waals surface area contributed by atoms with Crippen molar-refractivity contribution in [1.82, 2.24) is 24.8 Å². The maximum Gasteiger partial charge on any atom is 0.411 e. The molecule has 6 N–H and O–H groups in total. The minimum Gasteiger partial charge on any atom is -0.459 e. The molecule has 4 heterocycles. The Morgan fingerprint density at radius 1 is 1.00 bits per heavy atom. The van der Waals surface area contributed by atoms with E-state index in [2.05, 4.69) is 15.6 Å². The lowest BCUT2D eigenvalue weighted by Gasteiger charge is -2.51. The Labute approximate surface area is 415 Å². The molecular weight excluding hydrogens is 905 g/mol. The van der Waals surface area contributed by atoms with Gasteiger partial charge in [-0.05, 0) is 106 Å². The first-order valence-corrected chi connectivity index (χ1v) is 25.2. The lowest BCUT2D eigenvalue weighted by Crippen LogP contribution is -2.62. The molecule has 2 aromatic rings. The molecule has 2 unspecified atom stereocenters. The van der Waals surface area contributed by atoms with E-state index in [0.717, 1.165) is 5.56 Å². The quantitative estimate of drug-likeness (QED) is 0.156. The Morgan fingerprint density at radius 3 is 2.31 bits per heavy atom. The van der Waals surface area contributed by atoms with Gasteiger partial charge in [0.05, 0.1) is 53.8 Å². The number of benzene rings is 1. The number of rotatable bonds is 13. The van der Waals surface area contributed by atoms with Crippen molar-refractivity contribution in [2.45, 2.75) is 199 Å². The van der Waals surface area contributed by atoms with Gasteiger partial charge in [-0.1, -0.05) is 50.6 Å². The summed E-state index contributed by atoms with van der Waals surface area (Å²) < 4.78 is 39.1. The number of likely N-dealkylation sites (N-methyl/N-ethyl adjacent to an activating group) is 2. The van der Waals surface area contributed by atoms with Crippen molar-refractivity contribution in [1.29, 1.82) is 0 Å². The van der Waals surface area contributed by atoms with Gasteiger partial charge in [0, 0.05) is 62.9 Å². The van der Waals surface area contributed by atoms with Crippen molar-refractivity contribution < 1.29 is 63.5 Å². The predicted molar refractivity (Wildman–Crippen MR) is 262 cm³/mol. The number of aromatic nitrogens is 3. The zero-order chi connectivity index (χ0) is 52.0. The molecule has 0 bridgehead atoms. The molecule has 3 aliphatic rings. The van der Waals surface area contributed by atoms with Crippen molar-refractivity contribution in [3.63, 3.8) is 0 Å². The van der Waals surface area contributed by atoms with Crippen molar-refractivity contribution in [3.8, 4) is 0 Å². The van der Waals surface area contributed by atoms with Crippen LogP contribution >= 0.6 is 0 Å². The van der Waals surface area contributed by atoms with E-state index >= 15 is 0 Å². The van der Waals surface area contributed by atoms with Crippen molar-refractivity contribution >= 4 is 17.7 Å². The zero-order valence-corrected chi connectivity index (χ0v) is 44.1. The maximum absolute atomic E-state index is 14.6. The summed E-state index contributed by atoms with van der Waals surface area (Å²) in [5.41, 5.74) is -2.04. The van der Waals surface area contributed by atoms with E-state index in [4.69, 9.17) is 28.4 Å². The third-order valence-corrected chi connectivity index (χ3v) is 15.6. The molecule has 19 nitrogen and oxygen atoms in total. The van der Waals surface area contributed by atoms with Gasteiger partial charge in [0.25, 0.3) is 0 Å². The van der Waals surface area contributed by atoms with Gasteiger partial charge in [0.1, 0.15) is 36.6 Å². The van der Waals surface area contributed by atoms with E-state index in [9.17, 15) is 35.1 Å². The fraction of sp³-hybridized carbons (Fsp3) is 0.804. The van der Waals surface area contributed by atoms with Gasteiger partial charge in [-0.15, -0.1) is 5.10 Å². The number of carbonyl (C=O) groups is 2. The van der Waals surface area contributed by atoms with E-state index in [-0.39, 0.29) is 37.9 Å². The lowest BCUT2D eigenvalue weighted by atomic mass is 9.68. The van der Waals surface area contributed by atoms with Crippen molar-refractivity contribution in [3.05, 3.63) is 41.7 Å². The first-order chi connectivity index (χ1) is 32.7. The minimum atomic E-state index is -1.82. The Kier molecular flexibility index (Phi) is 19.8. The summed E-state index contributed by atoms with van der Waals surface area (Å²) in [6.07, 6.45) is -5.75. The largest absolute Gasteiger partial charge is 0.459 e. The molecule has 0 radical (unpaired) electrons. The van der Waals surface area contributed by atoms with Crippen LogP contribution < -0.4 is 5.32 Å². The first-order valence-electron chi connectivity index (χ1n) is 25.2. The number of esters is 1. The highest BCUT2D eigenvalue weighted by Gasteiger charge is 2.55. The Balaban J connectivity index is 1.39. The van der Waals surface area contributed by atoms with E-state index < -0.39 is 108 Å². The number of aliphatic hydroxyl groups is 5. The lowest BCUT2D eigenvalue weighted by molar-refractivity contribution is -0.302. The maximum atomic E-state index is 14.6. The summed E-state index contributed by atoms with van der Waals surface area (Å²) in [5, 5.41) is 71.2. The molecule has 1 aromatic carbocycles. The molecule has 0 aliphatic carbocycles. The molecule has 3 fully saturated rings. The zero-order valence-electron chi connectivity index (χ0n) is 44.1. The van der Waals surface area contributed by atoms with Gasteiger partial charge in [-0.3, -0.25) is 10.1 Å². The molecule has 1 aromatic heterocycles. The number of aryl methyl sites for hydroxylation is 1. The highest BCUT2D eigenvalue weighted by molar-refractivity contribution is 5.84. The Bertz CT molecular complexity index is 1970. The number of nitrogens with zero attached hydrogens (tertiary/aromatic N) is 5. The average Bonchev–Trinajstić information content (AvgIpc) is 3.75. The SMILES string of the molecule is CC[C@H]1OC(=O)[C@H](C)[C@@H](C2C[C@@](C)(OC)[C@@H](O)[C@H](C)O2)[C@H](C)[C@@H](OC2O[C@H](C)C[C@H](N(C)CCc3cn(CCOC(=O)Nc4ccc(C)cc4)nn3)[C@H]2O)[C@](C)(O)C[C@@H](C)CN(C)[C@H](C)[C@@H](O)[C@]1(C)O. The number of carbonyl (C=O) groups excluding carboxylic acids is 2. The molecule has 1 amide bonds. The number of amides is 1. The summed E-state index contributed by atoms with van der Waals surface area (Å²) in [7, 11) is 5.29. The Morgan fingerprint density at radius 2 is 1.67 bits per heavy atom. The van der Waals surface area contributed by atoms with E-state index in [1.807, 2.05) is 63.7 Å². The molecule has 3 aliphatic heterocycles. The summed E-state index contributed by atoms with van der Waals surface area (Å²) in [6, 6.07) is 6.42. The van der Waals surface area contributed by atoms with Crippen LogP contribution in [0.15, 0.2) is 30.5 Å². The van der Waals surface area contributed by atoms with Crippen molar-refractivity contribution in [2.75, 3.05) is 46.2 Å². The fourth-order valence-corrected chi connectivity index (χ4v) is 11.3. The summed E-state index contributed by atoms with van der Waals surface area (Å²) in [4.78, 5) is 30.9. The second-order valence-corrected chi connectivity index (χ2v) is 21.6. The van der Waals surface area contributed by atoms with Gasteiger partial charge in [0.15, 0.2) is 6.29 Å². The van der Waals surface area contributed by atoms with Gasteiger partial charge in [-0.25, -0.2) is 9.48 Å². The Hall–Kier alpha value is -3.34. The van der Waals surface area contributed by atoms with Crippen molar-refractivity contribution in [2.24, 2.45) is 23.7 Å². The summed E-state index contributed by atoms with van der Waals surface area (Å²) in [6.45, 7) is 21.2. The summed E-state index contributed by atoms with van der Waals surface area (Å²) in [5.74, 6) is -3.18. The highest BCUT2D eigenvalue weighted by Crippen LogP contribution is 2.45. The number of hydrogen-bond acceptors (Lipinski definition) is 17. The molecule has 398 valence electrons. The molecular formula is C51H86N6O13. The number of ether oxygens (including phenoxy) is 6. The van der Waals surface area contributed by atoms with Gasteiger partial charge >= 0.3 is 12.1 Å². The third-order valence-electron chi connectivity index (χ3n) is 15.6. The summed E-state index contributed by atoms with van der Waals surface area (Å²) >= 11 is 0. The topological polar surface area (TPSA) is 240 Å². The van der Waals surface area contributed by atoms with E-state index in [1.54, 1.807) is 64.6 Å². The number of anilines is 1. The second kappa shape index (κ2) is 24.1. The van der Waals surface area contributed by atoms with Crippen LogP contribution in [0.2, 0.25) is 0 Å². The number of aliphatic hydroxyl groups excluding tert-OH is 3. The highest BCUT2D eigenvalue weighted by atomic mass is 16.7.